The number of carbonyl (C=O) groups excluding carboxylic acids is 6. The molecule has 1 aliphatic rings. The van der Waals surface area contributed by atoms with Crippen LogP contribution in [0.1, 0.15) is 62.1 Å². The van der Waals surface area contributed by atoms with Gasteiger partial charge in [0.15, 0.2) is 0 Å². The van der Waals surface area contributed by atoms with E-state index in [0.29, 0.717) is 0 Å². The fourth-order valence-electron chi connectivity index (χ4n) is 4.21. The molecule has 0 unspecified atom stereocenters. The van der Waals surface area contributed by atoms with Crippen LogP contribution in [0.5, 0.6) is 0 Å². The van der Waals surface area contributed by atoms with Crippen molar-refractivity contribution in [2.75, 3.05) is 15.5 Å². The molecular weight excluding hydrogens is 530 g/mol. The van der Waals surface area contributed by atoms with E-state index in [1.54, 1.807) is 12.1 Å². The number of rotatable bonds is 7. The molecule has 0 aliphatic carbocycles. The highest BCUT2D eigenvalue weighted by atomic mass is 16.4. The summed E-state index contributed by atoms with van der Waals surface area (Å²) in [5, 5.41) is 27.2. The Kier molecular flexibility index (Phi) is 6.84. The molecule has 1 heterocycles. The number of nitrogens with zero attached hydrogens (tertiary/aromatic N) is 1. The van der Waals surface area contributed by atoms with Gasteiger partial charge < -0.3 is 30.4 Å². The second-order valence-electron chi connectivity index (χ2n) is 8.90. The molecule has 0 bridgehead atoms. The van der Waals surface area contributed by atoms with E-state index < -0.39 is 35.6 Å². The fraction of sp³-hybridized carbons (Fsp3) is 0. The van der Waals surface area contributed by atoms with Gasteiger partial charge in [-0.25, -0.2) is 4.90 Å². The summed E-state index contributed by atoms with van der Waals surface area (Å²) in [5.74, 6) is -5.47. The highest BCUT2D eigenvalue weighted by Crippen LogP contribution is 2.30. The lowest BCUT2D eigenvalue weighted by Gasteiger charge is -2.17. The van der Waals surface area contributed by atoms with Crippen molar-refractivity contribution in [3.05, 3.63) is 124 Å². The van der Waals surface area contributed by atoms with Gasteiger partial charge in [0.2, 0.25) is 0 Å². The Morgan fingerprint density at radius 3 is 1.29 bits per heavy atom. The first kappa shape index (κ1) is 26.5. The van der Waals surface area contributed by atoms with Crippen molar-refractivity contribution >= 4 is 52.6 Å². The van der Waals surface area contributed by atoms with Crippen molar-refractivity contribution in [2.24, 2.45) is 0 Å². The molecule has 11 heteroatoms. The molecule has 2 N–H and O–H groups in total. The zero-order valence-corrected chi connectivity index (χ0v) is 20.9. The third kappa shape index (κ3) is 5.27. The molecule has 0 atom stereocenters. The molecule has 1 aliphatic heterocycles. The zero-order valence-electron chi connectivity index (χ0n) is 20.9. The van der Waals surface area contributed by atoms with E-state index in [-0.39, 0.29) is 50.4 Å². The van der Waals surface area contributed by atoms with Crippen LogP contribution in [0, 0.1) is 0 Å². The number of imide groups is 1. The molecular formula is C30H17N3O8-2. The average Bonchev–Trinajstić information content (AvgIpc) is 3.22. The lowest BCUT2D eigenvalue weighted by molar-refractivity contribution is -0.256. The minimum Gasteiger partial charge on any atom is -0.545 e. The number of carboxylic acids is 2. The second kappa shape index (κ2) is 10.6. The van der Waals surface area contributed by atoms with Gasteiger partial charge in [-0.15, -0.1) is 0 Å². The fourth-order valence-corrected chi connectivity index (χ4v) is 4.21. The van der Waals surface area contributed by atoms with Gasteiger partial charge in [-0.2, -0.15) is 0 Å². The smallest absolute Gasteiger partial charge is 0.266 e. The van der Waals surface area contributed by atoms with Gasteiger partial charge in [-0.05, 0) is 65.7 Å². The first-order chi connectivity index (χ1) is 19.6. The van der Waals surface area contributed by atoms with Crippen molar-refractivity contribution in [1.82, 2.24) is 0 Å². The third-order valence-corrected chi connectivity index (χ3v) is 6.25. The number of hydrogen-bond donors (Lipinski definition) is 2. The molecule has 202 valence electrons. The summed E-state index contributed by atoms with van der Waals surface area (Å²) in [4.78, 5) is 75.5. The van der Waals surface area contributed by atoms with Crippen molar-refractivity contribution in [2.45, 2.75) is 0 Å². The van der Waals surface area contributed by atoms with Crippen molar-refractivity contribution in [1.29, 1.82) is 0 Å². The highest BCUT2D eigenvalue weighted by molar-refractivity contribution is 6.34. The van der Waals surface area contributed by atoms with Gasteiger partial charge >= 0.3 is 0 Å². The van der Waals surface area contributed by atoms with Crippen molar-refractivity contribution in [3.8, 4) is 0 Å². The molecule has 0 saturated carbocycles. The average molecular weight is 547 g/mol. The molecule has 4 aromatic carbocycles. The quantitative estimate of drug-likeness (QED) is 0.329. The van der Waals surface area contributed by atoms with Crippen LogP contribution in [-0.4, -0.2) is 35.6 Å². The van der Waals surface area contributed by atoms with Gasteiger partial charge in [0.25, 0.3) is 23.6 Å². The SMILES string of the molecule is O=C([O-])c1ccc(NC(=O)c2cc(C(=O)Nc3ccc(C(=O)[O-])cc3)cc(N3C(=O)c4ccccc4C3=O)c2)cc1. The van der Waals surface area contributed by atoms with Crippen LogP contribution in [0.3, 0.4) is 0 Å². The van der Waals surface area contributed by atoms with E-state index in [9.17, 15) is 39.0 Å². The minimum absolute atomic E-state index is 0.0337. The summed E-state index contributed by atoms with van der Waals surface area (Å²) >= 11 is 0. The lowest BCUT2D eigenvalue weighted by atomic mass is 10.1. The number of carbonyl (C=O) groups is 6. The summed E-state index contributed by atoms with van der Waals surface area (Å²) in [6, 6.07) is 20.3. The van der Waals surface area contributed by atoms with Gasteiger partial charge in [-0.3, -0.25) is 19.2 Å². The summed E-state index contributed by atoms with van der Waals surface area (Å²) in [6.45, 7) is 0. The van der Waals surface area contributed by atoms with E-state index in [0.717, 1.165) is 4.90 Å². The van der Waals surface area contributed by atoms with E-state index >= 15 is 0 Å². The molecule has 0 aromatic heterocycles. The summed E-state index contributed by atoms with van der Waals surface area (Å²) in [7, 11) is 0. The number of benzene rings is 4. The van der Waals surface area contributed by atoms with E-state index in [4.69, 9.17) is 0 Å². The summed E-state index contributed by atoms with van der Waals surface area (Å²) < 4.78 is 0. The third-order valence-electron chi connectivity index (χ3n) is 6.25. The maximum atomic E-state index is 13.2. The monoisotopic (exact) mass is 547 g/mol. The largest absolute Gasteiger partial charge is 0.545 e. The lowest BCUT2D eigenvalue weighted by Crippen LogP contribution is -2.30. The van der Waals surface area contributed by atoms with Crippen LogP contribution in [0.4, 0.5) is 17.1 Å². The number of hydrogen-bond acceptors (Lipinski definition) is 8. The van der Waals surface area contributed by atoms with Gasteiger partial charge in [0.1, 0.15) is 0 Å². The zero-order chi connectivity index (χ0) is 29.3. The van der Waals surface area contributed by atoms with Crippen LogP contribution in [0.15, 0.2) is 91.0 Å². The number of anilines is 3. The maximum Gasteiger partial charge on any atom is 0.266 e. The van der Waals surface area contributed by atoms with Crippen LogP contribution in [-0.2, 0) is 0 Å². The molecule has 4 amide bonds. The Bertz CT molecular complexity index is 1640. The van der Waals surface area contributed by atoms with Crippen molar-refractivity contribution in [3.63, 3.8) is 0 Å². The molecule has 5 rings (SSSR count). The predicted molar refractivity (Wildman–Crippen MR) is 141 cm³/mol. The van der Waals surface area contributed by atoms with Crippen molar-refractivity contribution < 1.29 is 39.0 Å². The number of nitrogens with one attached hydrogen (secondary N) is 2. The Labute approximate surface area is 231 Å². The summed E-state index contributed by atoms with van der Waals surface area (Å²) in [5.41, 5.74) is 0.424. The molecule has 41 heavy (non-hydrogen) atoms. The highest BCUT2D eigenvalue weighted by Gasteiger charge is 2.37. The standard InChI is InChI=1S/C30H19N3O8/c34-25(31-20-9-5-16(6-10-20)29(38)39)18-13-19(26(35)32-21-11-7-17(8-12-21)30(40)41)15-22(14-18)33-27(36)23-3-1-2-4-24(23)28(33)37/h1-15H,(H,31,34)(H,32,35)(H,38,39)(H,40,41)/p-2. The molecule has 0 spiro atoms. The Hall–Kier alpha value is -6.10. The van der Waals surface area contributed by atoms with Gasteiger partial charge in [0.05, 0.1) is 28.8 Å². The molecule has 4 aromatic rings. The predicted octanol–water partition coefficient (Wildman–Crippen LogP) is 1.72. The number of carboxylic acid groups (broad SMARTS) is 2. The van der Waals surface area contributed by atoms with E-state index in [1.165, 1.54) is 78.9 Å². The van der Waals surface area contributed by atoms with Crippen LogP contribution in [0.25, 0.3) is 0 Å². The Morgan fingerprint density at radius 2 is 0.927 bits per heavy atom. The number of amides is 4. The van der Waals surface area contributed by atoms with Crippen LogP contribution < -0.4 is 25.7 Å². The second-order valence-corrected chi connectivity index (χ2v) is 8.90. The topological polar surface area (TPSA) is 176 Å². The molecule has 0 radical (unpaired) electrons. The number of fused-ring (bicyclic) bond motifs is 1. The Balaban J connectivity index is 1.50. The minimum atomic E-state index is -1.39. The van der Waals surface area contributed by atoms with Gasteiger partial charge in [0, 0.05) is 22.5 Å². The molecule has 0 saturated heterocycles. The normalized spacial score (nSPS) is 12.0. The van der Waals surface area contributed by atoms with Crippen LogP contribution >= 0.6 is 0 Å². The number of aromatic carboxylic acids is 2. The summed E-state index contributed by atoms with van der Waals surface area (Å²) in [6.07, 6.45) is 0. The van der Waals surface area contributed by atoms with Gasteiger partial charge in [-0.1, -0.05) is 36.4 Å². The molecule has 11 nitrogen and oxygen atoms in total. The van der Waals surface area contributed by atoms with Crippen LogP contribution in [0.2, 0.25) is 0 Å². The maximum absolute atomic E-state index is 13.2. The van der Waals surface area contributed by atoms with E-state index in [2.05, 4.69) is 10.6 Å². The first-order valence-corrected chi connectivity index (χ1v) is 12.0. The Morgan fingerprint density at radius 1 is 0.537 bits per heavy atom. The first-order valence-electron chi connectivity index (χ1n) is 12.0. The molecule has 0 fully saturated rings. The van der Waals surface area contributed by atoms with E-state index in [1.807, 2.05) is 0 Å².